The summed E-state index contributed by atoms with van der Waals surface area (Å²) in [6.45, 7) is 7.71. The fraction of sp³-hybridized carbons (Fsp3) is 0.500. The lowest BCUT2D eigenvalue weighted by molar-refractivity contribution is 0.101. The number of aromatic nitrogens is 6. The number of rotatable bonds is 6. The maximum Gasteiger partial charge on any atom is 0.223 e. The van der Waals surface area contributed by atoms with Gasteiger partial charge in [0.25, 0.3) is 0 Å². The summed E-state index contributed by atoms with van der Waals surface area (Å²) >= 11 is 0. The molecule has 0 aliphatic carbocycles. The summed E-state index contributed by atoms with van der Waals surface area (Å²) in [5.74, 6) is 0.580. The van der Waals surface area contributed by atoms with Crippen LogP contribution in [0.25, 0.3) is 16.6 Å². The number of hydrogen-bond donors (Lipinski definition) is 1. The Labute approximate surface area is 202 Å². The average molecular weight is 483 g/mol. The molecule has 2 atom stereocenters. The van der Waals surface area contributed by atoms with Crippen LogP contribution in [0.15, 0.2) is 24.5 Å². The molecular weight excluding hydrogens is 451 g/mol. The number of ether oxygens (including phenoxy) is 2. The molecule has 1 aliphatic rings. The number of fused-ring (bicyclic) bond motifs is 3. The minimum Gasteiger partial charge on any atom is -0.494 e. The summed E-state index contributed by atoms with van der Waals surface area (Å²) in [5.41, 5.74) is 7.99. The Morgan fingerprint density at radius 3 is 2.74 bits per heavy atom. The van der Waals surface area contributed by atoms with Crippen LogP contribution < -0.4 is 15.4 Å². The van der Waals surface area contributed by atoms with Crippen molar-refractivity contribution in [3.05, 3.63) is 36.2 Å². The minimum absolute atomic E-state index is 0.0824. The van der Waals surface area contributed by atoms with E-state index in [-0.39, 0.29) is 23.2 Å². The van der Waals surface area contributed by atoms with Crippen molar-refractivity contribution in [3.8, 4) is 5.75 Å². The van der Waals surface area contributed by atoms with Crippen LogP contribution in [0.1, 0.15) is 45.4 Å². The molecule has 1 saturated heterocycles. The third-order valence-electron chi connectivity index (χ3n) is 6.85. The molecule has 1 fully saturated rings. The average Bonchev–Trinajstić information content (AvgIpc) is 3.49. The number of anilines is 2. The molecule has 0 saturated carbocycles. The molecule has 0 amide bonds. The van der Waals surface area contributed by atoms with Crippen LogP contribution in [-0.4, -0.2) is 62.8 Å². The Morgan fingerprint density at radius 2 is 2.00 bits per heavy atom. The summed E-state index contributed by atoms with van der Waals surface area (Å²) in [4.78, 5) is 11.5. The smallest absolute Gasteiger partial charge is 0.223 e. The third-order valence-corrected chi connectivity index (χ3v) is 6.85. The molecule has 5 rings (SSSR count). The van der Waals surface area contributed by atoms with Gasteiger partial charge in [0.15, 0.2) is 23.0 Å². The predicted octanol–water partition coefficient (Wildman–Crippen LogP) is 3.36. The van der Waals surface area contributed by atoms with Gasteiger partial charge in [0.1, 0.15) is 0 Å². The summed E-state index contributed by atoms with van der Waals surface area (Å²) in [7, 11) is 3.11. The first kappa shape index (κ1) is 23.3. The van der Waals surface area contributed by atoms with E-state index in [2.05, 4.69) is 47.0 Å². The van der Waals surface area contributed by atoms with Crippen molar-refractivity contribution in [2.24, 2.45) is 0 Å². The molecule has 35 heavy (non-hydrogen) atoms. The lowest BCUT2D eigenvalue weighted by Crippen LogP contribution is -2.41. The molecule has 0 bridgehead atoms. The number of nitrogen functional groups attached to an aromatic ring is 1. The Hall–Kier alpha value is -3.47. The number of halogens is 1. The van der Waals surface area contributed by atoms with Crippen LogP contribution in [0.2, 0.25) is 0 Å². The minimum atomic E-state index is -0.482. The van der Waals surface area contributed by atoms with Gasteiger partial charge in [0, 0.05) is 43.3 Å². The maximum absolute atomic E-state index is 14.5. The Kier molecular flexibility index (Phi) is 5.74. The number of hydrogen-bond acceptors (Lipinski definition) is 8. The van der Waals surface area contributed by atoms with Gasteiger partial charge >= 0.3 is 0 Å². The highest BCUT2D eigenvalue weighted by Crippen LogP contribution is 2.34. The fourth-order valence-electron chi connectivity index (χ4n) is 4.87. The molecule has 10 nitrogen and oxygen atoms in total. The Morgan fingerprint density at radius 1 is 1.20 bits per heavy atom. The van der Waals surface area contributed by atoms with Crippen LogP contribution in [0, 0.1) is 5.82 Å². The molecule has 11 heteroatoms. The van der Waals surface area contributed by atoms with Gasteiger partial charge < -0.3 is 20.1 Å². The van der Waals surface area contributed by atoms with Crippen LogP contribution in [0.3, 0.4) is 0 Å². The van der Waals surface area contributed by atoms with E-state index in [0.29, 0.717) is 35.0 Å². The quantitative estimate of drug-likeness (QED) is 0.446. The van der Waals surface area contributed by atoms with Crippen molar-refractivity contribution >= 4 is 28.2 Å². The van der Waals surface area contributed by atoms with Crippen LogP contribution in [0.5, 0.6) is 5.75 Å². The molecule has 0 spiro atoms. The largest absolute Gasteiger partial charge is 0.494 e. The highest BCUT2D eigenvalue weighted by molar-refractivity contribution is 5.93. The first-order valence-corrected chi connectivity index (χ1v) is 11.7. The molecule has 186 valence electrons. The molecule has 0 radical (unpaired) electrons. The van der Waals surface area contributed by atoms with Gasteiger partial charge in [-0.15, -0.1) is 5.10 Å². The number of methoxy groups -OCH3 is 2. The highest BCUT2D eigenvalue weighted by atomic mass is 19.1. The summed E-state index contributed by atoms with van der Waals surface area (Å²) in [6.07, 6.45) is 5.89. The molecule has 4 aromatic rings. The van der Waals surface area contributed by atoms with Crippen molar-refractivity contribution in [1.29, 1.82) is 0 Å². The topological polar surface area (TPSA) is 109 Å². The van der Waals surface area contributed by atoms with Crippen molar-refractivity contribution in [2.75, 3.05) is 38.0 Å². The van der Waals surface area contributed by atoms with Crippen LogP contribution in [0.4, 0.5) is 16.0 Å². The van der Waals surface area contributed by atoms with E-state index in [0.717, 1.165) is 25.1 Å². The van der Waals surface area contributed by atoms with E-state index in [4.69, 9.17) is 20.2 Å². The standard InChI is InChI=1S/C24H31FN8O2/c1-14-6-7-15(11-31(14)16-10-27-32(12-16)24(2,3)13-34-4)21-29-22-17-8-18(25)20(35-5)9-19(17)28-23(26)33(22)30-21/h8-10,12,14-15H,6-7,11,13H2,1-5H3,(H2,26,28). The lowest BCUT2D eigenvalue weighted by Gasteiger charge is -2.38. The van der Waals surface area contributed by atoms with Crippen molar-refractivity contribution in [2.45, 2.75) is 51.1 Å². The van der Waals surface area contributed by atoms with E-state index in [9.17, 15) is 4.39 Å². The van der Waals surface area contributed by atoms with Gasteiger partial charge in [-0.1, -0.05) is 0 Å². The van der Waals surface area contributed by atoms with Gasteiger partial charge in [0.2, 0.25) is 5.95 Å². The molecule has 1 aromatic carbocycles. The zero-order valence-corrected chi connectivity index (χ0v) is 20.7. The highest BCUT2D eigenvalue weighted by Gasteiger charge is 2.31. The van der Waals surface area contributed by atoms with Gasteiger partial charge in [-0.05, 0) is 39.7 Å². The van der Waals surface area contributed by atoms with Crippen LogP contribution in [-0.2, 0) is 10.3 Å². The molecule has 2 unspecified atom stereocenters. The van der Waals surface area contributed by atoms with Crippen LogP contribution >= 0.6 is 0 Å². The molecule has 1 aliphatic heterocycles. The van der Waals surface area contributed by atoms with E-state index >= 15 is 0 Å². The zero-order valence-electron chi connectivity index (χ0n) is 20.7. The Bertz CT molecular complexity index is 1380. The fourth-order valence-corrected chi connectivity index (χ4v) is 4.87. The second-order valence-electron chi connectivity index (χ2n) is 9.84. The summed E-state index contributed by atoms with van der Waals surface area (Å²) < 4.78 is 28.4. The molecular formula is C24H31FN8O2. The Balaban J connectivity index is 1.48. The second-order valence-corrected chi connectivity index (χ2v) is 9.84. The number of nitrogens with zero attached hydrogens (tertiary/aromatic N) is 7. The number of benzene rings is 1. The van der Waals surface area contributed by atoms with E-state index in [1.807, 2.05) is 10.9 Å². The predicted molar refractivity (Wildman–Crippen MR) is 131 cm³/mol. The first-order valence-electron chi connectivity index (χ1n) is 11.7. The SMILES string of the molecule is COCC(C)(C)n1cc(N2CC(c3nc4c5cc(F)c(OC)cc5nc(N)n4n3)CCC2C)cn1. The zero-order chi connectivity index (χ0) is 24.9. The number of nitrogens with two attached hydrogens (primary N) is 1. The van der Waals surface area contributed by atoms with Gasteiger partial charge in [-0.2, -0.15) is 9.61 Å². The van der Waals surface area contributed by atoms with E-state index < -0.39 is 5.82 Å². The van der Waals surface area contributed by atoms with Gasteiger partial charge in [0.05, 0.1) is 36.7 Å². The molecule has 3 aromatic heterocycles. The van der Waals surface area contributed by atoms with E-state index in [1.165, 1.54) is 23.8 Å². The maximum atomic E-state index is 14.5. The molecule has 2 N–H and O–H groups in total. The molecule has 4 heterocycles. The van der Waals surface area contributed by atoms with Crippen molar-refractivity contribution in [3.63, 3.8) is 0 Å². The van der Waals surface area contributed by atoms with Crippen molar-refractivity contribution in [1.82, 2.24) is 29.4 Å². The summed E-state index contributed by atoms with van der Waals surface area (Å²) in [5, 5.41) is 9.83. The lowest BCUT2D eigenvalue weighted by atomic mass is 9.92. The first-order chi connectivity index (χ1) is 16.7. The number of piperidine rings is 1. The normalized spacial score (nSPS) is 19.1. The van der Waals surface area contributed by atoms with E-state index in [1.54, 1.807) is 7.11 Å². The van der Waals surface area contributed by atoms with Gasteiger partial charge in [-0.3, -0.25) is 4.68 Å². The third kappa shape index (κ3) is 4.03. The van der Waals surface area contributed by atoms with Crippen molar-refractivity contribution < 1.29 is 13.9 Å². The second kappa shape index (κ2) is 8.63. The van der Waals surface area contributed by atoms with Gasteiger partial charge in [-0.25, -0.2) is 14.4 Å². The monoisotopic (exact) mass is 482 g/mol. The summed E-state index contributed by atoms with van der Waals surface area (Å²) in [6, 6.07) is 3.25.